The van der Waals surface area contributed by atoms with Crippen LogP contribution in [-0.4, -0.2) is 44.3 Å². The van der Waals surface area contributed by atoms with Crippen molar-refractivity contribution in [2.75, 3.05) is 19.7 Å². The van der Waals surface area contributed by atoms with Gasteiger partial charge in [0.25, 0.3) is 0 Å². The molecule has 0 radical (unpaired) electrons. The molecule has 6 nitrogen and oxygen atoms in total. The maximum Gasteiger partial charge on any atom is 0.163 e. The largest absolute Gasteiger partial charge is 0.368 e. The van der Waals surface area contributed by atoms with E-state index >= 15 is 0 Å². The van der Waals surface area contributed by atoms with Crippen LogP contribution in [0.15, 0.2) is 36.7 Å². The van der Waals surface area contributed by atoms with Gasteiger partial charge in [0.2, 0.25) is 0 Å². The summed E-state index contributed by atoms with van der Waals surface area (Å²) in [5.41, 5.74) is 3.43. The average Bonchev–Trinajstić information content (AvgIpc) is 3.01. The molecule has 0 aliphatic carbocycles. The Bertz CT molecular complexity index is 859. The summed E-state index contributed by atoms with van der Waals surface area (Å²) in [6, 6.07) is 10.5. The van der Waals surface area contributed by atoms with E-state index < -0.39 is 0 Å². The SMILES string of the molecule is Cc1cc(CN2CCO[C@H](c3nncn3C)C2)c2ccccc2n1. The van der Waals surface area contributed by atoms with Crippen LogP contribution < -0.4 is 0 Å². The van der Waals surface area contributed by atoms with Crippen LogP contribution >= 0.6 is 0 Å². The number of ether oxygens (including phenoxy) is 1. The summed E-state index contributed by atoms with van der Waals surface area (Å²) >= 11 is 0. The van der Waals surface area contributed by atoms with Crippen molar-refractivity contribution < 1.29 is 4.74 Å². The number of hydrogen-bond acceptors (Lipinski definition) is 5. The minimum Gasteiger partial charge on any atom is -0.368 e. The molecule has 0 unspecified atom stereocenters. The molecule has 0 saturated carbocycles. The lowest BCUT2D eigenvalue weighted by atomic mass is 10.1. The van der Waals surface area contributed by atoms with Gasteiger partial charge in [-0.25, -0.2) is 0 Å². The van der Waals surface area contributed by atoms with E-state index in [9.17, 15) is 0 Å². The molecule has 1 atom stereocenters. The molecule has 1 saturated heterocycles. The van der Waals surface area contributed by atoms with Gasteiger partial charge in [-0.3, -0.25) is 9.88 Å². The second-order valence-electron chi connectivity index (χ2n) is 6.33. The molecule has 0 amide bonds. The number of rotatable bonds is 3. The number of morpholine rings is 1. The molecule has 1 aliphatic rings. The van der Waals surface area contributed by atoms with Gasteiger partial charge in [-0.05, 0) is 24.6 Å². The Hall–Kier alpha value is -2.31. The van der Waals surface area contributed by atoms with Crippen LogP contribution in [0.25, 0.3) is 10.9 Å². The highest BCUT2D eigenvalue weighted by Gasteiger charge is 2.25. The summed E-state index contributed by atoms with van der Waals surface area (Å²) in [7, 11) is 1.96. The number of pyridine rings is 1. The highest BCUT2D eigenvalue weighted by Crippen LogP contribution is 2.24. The Kier molecular flexibility index (Phi) is 4.00. The van der Waals surface area contributed by atoms with Crippen LogP contribution in [0.4, 0.5) is 0 Å². The van der Waals surface area contributed by atoms with E-state index in [-0.39, 0.29) is 6.10 Å². The summed E-state index contributed by atoms with van der Waals surface area (Å²) < 4.78 is 7.84. The van der Waals surface area contributed by atoms with Crippen LogP contribution in [0.2, 0.25) is 0 Å². The fourth-order valence-electron chi connectivity index (χ4n) is 3.35. The van der Waals surface area contributed by atoms with Crippen molar-refractivity contribution in [3.05, 3.63) is 53.7 Å². The third-order valence-corrected chi connectivity index (χ3v) is 4.51. The van der Waals surface area contributed by atoms with Gasteiger partial charge in [0, 0.05) is 37.8 Å². The Labute approximate surface area is 141 Å². The molecule has 124 valence electrons. The van der Waals surface area contributed by atoms with E-state index in [2.05, 4.69) is 51.3 Å². The number of para-hydroxylation sites is 1. The van der Waals surface area contributed by atoms with Gasteiger partial charge in [0.15, 0.2) is 5.82 Å². The second kappa shape index (κ2) is 6.30. The highest BCUT2D eigenvalue weighted by molar-refractivity contribution is 5.82. The van der Waals surface area contributed by atoms with Gasteiger partial charge in [-0.2, -0.15) is 0 Å². The van der Waals surface area contributed by atoms with Crippen LogP contribution in [0.1, 0.15) is 23.2 Å². The van der Waals surface area contributed by atoms with Crippen molar-refractivity contribution in [3.8, 4) is 0 Å². The standard InChI is InChI=1S/C18H21N5O/c1-13-9-14(15-5-3-4-6-16(15)20-13)10-23-7-8-24-17(11-23)18-21-19-12-22(18)2/h3-6,9,12,17H,7-8,10-11H2,1-2H3/t17-/m0/s1. The molecule has 1 fully saturated rings. The minimum absolute atomic E-state index is 0.0274. The second-order valence-corrected chi connectivity index (χ2v) is 6.33. The van der Waals surface area contributed by atoms with E-state index in [1.54, 1.807) is 6.33 Å². The van der Waals surface area contributed by atoms with Gasteiger partial charge in [-0.15, -0.1) is 10.2 Å². The predicted octanol–water partition coefficient (Wildman–Crippen LogP) is 2.25. The topological polar surface area (TPSA) is 56.1 Å². The summed E-state index contributed by atoms with van der Waals surface area (Å²) in [4.78, 5) is 7.05. The lowest BCUT2D eigenvalue weighted by Crippen LogP contribution is -2.38. The first-order valence-electron chi connectivity index (χ1n) is 8.24. The highest BCUT2D eigenvalue weighted by atomic mass is 16.5. The number of aromatic nitrogens is 4. The third kappa shape index (κ3) is 2.90. The molecule has 1 aliphatic heterocycles. The number of hydrogen-bond donors (Lipinski definition) is 0. The summed E-state index contributed by atoms with van der Waals surface area (Å²) in [6.07, 6.45) is 1.69. The molecule has 3 heterocycles. The first kappa shape index (κ1) is 15.2. The summed E-state index contributed by atoms with van der Waals surface area (Å²) in [6.45, 7) is 5.39. The molecule has 4 rings (SSSR count). The zero-order valence-electron chi connectivity index (χ0n) is 14.0. The third-order valence-electron chi connectivity index (χ3n) is 4.51. The number of nitrogens with zero attached hydrogens (tertiary/aromatic N) is 5. The van der Waals surface area contributed by atoms with E-state index in [0.29, 0.717) is 6.61 Å². The maximum absolute atomic E-state index is 5.90. The predicted molar refractivity (Wildman–Crippen MR) is 91.5 cm³/mol. The van der Waals surface area contributed by atoms with E-state index in [0.717, 1.165) is 36.7 Å². The van der Waals surface area contributed by atoms with Crippen molar-refractivity contribution in [1.29, 1.82) is 0 Å². The zero-order valence-corrected chi connectivity index (χ0v) is 14.0. The minimum atomic E-state index is -0.0274. The van der Waals surface area contributed by atoms with Crippen molar-refractivity contribution in [1.82, 2.24) is 24.6 Å². The smallest absolute Gasteiger partial charge is 0.163 e. The fraction of sp³-hybridized carbons (Fsp3) is 0.389. The molecule has 0 spiro atoms. The maximum atomic E-state index is 5.90. The molecular weight excluding hydrogens is 302 g/mol. The van der Waals surface area contributed by atoms with Crippen molar-refractivity contribution in [2.24, 2.45) is 7.05 Å². The van der Waals surface area contributed by atoms with E-state index in [1.165, 1.54) is 10.9 Å². The van der Waals surface area contributed by atoms with E-state index in [1.807, 2.05) is 17.7 Å². The van der Waals surface area contributed by atoms with Gasteiger partial charge in [0.1, 0.15) is 12.4 Å². The van der Waals surface area contributed by atoms with E-state index in [4.69, 9.17) is 4.74 Å². The van der Waals surface area contributed by atoms with Crippen LogP contribution in [0, 0.1) is 6.92 Å². The lowest BCUT2D eigenvalue weighted by Gasteiger charge is -2.32. The molecule has 0 N–H and O–H groups in total. The van der Waals surface area contributed by atoms with Crippen LogP contribution in [-0.2, 0) is 18.3 Å². The van der Waals surface area contributed by atoms with Gasteiger partial charge in [-0.1, -0.05) is 18.2 Å². The van der Waals surface area contributed by atoms with Gasteiger partial charge < -0.3 is 9.30 Å². The number of benzene rings is 1. The molecule has 24 heavy (non-hydrogen) atoms. The van der Waals surface area contributed by atoms with Crippen molar-refractivity contribution >= 4 is 10.9 Å². The van der Waals surface area contributed by atoms with Crippen LogP contribution in [0.5, 0.6) is 0 Å². The number of fused-ring (bicyclic) bond motifs is 1. The molecule has 2 aromatic heterocycles. The quantitative estimate of drug-likeness (QED) is 0.740. The summed E-state index contributed by atoms with van der Waals surface area (Å²) in [5, 5.41) is 9.39. The Balaban J connectivity index is 1.58. The van der Waals surface area contributed by atoms with Crippen molar-refractivity contribution in [3.63, 3.8) is 0 Å². The first-order chi connectivity index (χ1) is 11.7. The Morgan fingerprint density at radius 3 is 3.00 bits per heavy atom. The molecular formula is C18H21N5O. The molecule has 3 aromatic rings. The molecule has 0 bridgehead atoms. The number of aryl methyl sites for hydroxylation is 2. The molecule has 6 heteroatoms. The monoisotopic (exact) mass is 323 g/mol. The molecule has 1 aromatic carbocycles. The Morgan fingerprint density at radius 2 is 2.17 bits per heavy atom. The summed E-state index contributed by atoms with van der Waals surface area (Å²) in [5.74, 6) is 0.885. The van der Waals surface area contributed by atoms with Gasteiger partial charge >= 0.3 is 0 Å². The Morgan fingerprint density at radius 1 is 1.29 bits per heavy atom. The zero-order chi connectivity index (χ0) is 16.5. The lowest BCUT2D eigenvalue weighted by molar-refractivity contribution is -0.0384. The van der Waals surface area contributed by atoms with Crippen molar-refractivity contribution in [2.45, 2.75) is 19.6 Å². The normalized spacial score (nSPS) is 19.0. The average molecular weight is 323 g/mol. The fourth-order valence-corrected chi connectivity index (χ4v) is 3.35. The van der Waals surface area contributed by atoms with Crippen LogP contribution in [0.3, 0.4) is 0 Å². The van der Waals surface area contributed by atoms with Gasteiger partial charge in [0.05, 0.1) is 12.1 Å². The first-order valence-corrected chi connectivity index (χ1v) is 8.24.